The number of hydrogen-bond donors (Lipinski definition) is 0. The van der Waals surface area contributed by atoms with Crippen LogP contribution in [0.5, 0.6) is 0 Å². The Hall–Kier alpha value is -1.69. The Bertz CT molecular complexity index is 588. The zero-order chi connectivity index (χ0) is 17.6. The maximum atomic E-state index is 12.1. The van der Waals surface area contributed by atoms with Gasteiger partial charge in [0.1, 0.15) is 17.6 Å². The van der Waals surface area contributed by atoms with Gasteiger partial charge in [0.05, 0.1) is 4.75 Å². The third-order valence-electron chi connectivity index (χ3n) is 3.89. The molecule has 0 spiro atoms. The molecule has 0 radical (unpaired) electrons. The summed E-state index contributed by atoms with van der Waals surface area (Å²) in [7, 11) is -1.22. The van der Waals surface area contributed by atoms with Crippen molar-refractivity contribution in [2.75, 3.05) is 13.1 Å². The van der Waals surface area contributed by atoms with Crippen molar-refractivity contribution in [3.8, 4) is 0 Å². The highest BCUT2D eigenvalue weighted by Crippen LogP contribution is 2.18. The van der Waals surface area contributed by atoms with E-state index < -0.39 is 11.0 Å². The van der Waals surface area contributed by atoms with Crippen molar-refractivity contribution < 1.29 is 13.7 Å². The number of carbonyl (C=O) groups excluding carboxylic acids is 1. The van der Waals surface area contributed by atoms with Crippen molar-refractivity contribution in [2.45, 2.75) is 45.0 Å². The van der Waals surface area contributed by atoms with E-state index in [1.165, 1.54) is 0 Å². The van der Waals surface area contributed by atoms with Gasteiger partial charge in [-0.2, -0.15) is 4.40 Å². The van der Waals surface area contributed by atoms with Crippen LogP contribution in [0.15, 0.2) is 34.7 Å². The number of hydrogen-bond acceptors (Lipinski definition) is 3. The van der Waals surface area contributed by atoms with Gasteiger partial charge in [0.15, 0.2) is 0 Å². The molecule has 0 unspecified atom stereocenters. The minimum Gasteiger partial charge on any atom is -0.445 e. The number of amides is 1. The van der Waals surface area contributed by atoms with Gasteiger partial charge in [0.2, 0.25) is 0 Å². The molecule has 1 amide bonds. The molecule has 1 atom stereocenters. The van der Waals surface area contributed by atoms with Gasteiger partial charge in [-0.1, -0.05) is 30.3 Å². The fourth-order valence-corrected chi connectivity index (χ4v) is 2.94. The molecule has 0 bridgehead atoms. The molecule has 1 aromatic carbocycles. The highest BCUT2D eigenvalue weighted by Gasteiger charge is 2.24. The fraction of sp³-hybridized carbons (Fsp3) is 0.556. The van der Waals surface area contributed by atoms with Gasteiger partial charge < -0.3 is 9.64 Å². The molecule has 0 aromatic heterocycles. The van der Waals surface area contributed by atoms with Gasteiger partial charge in [-0.05, 0) is 45.1 Å². The molecule has 1 aliphatic rings. The van der Waals surface area contributed by atoms with E-state index in [1.807, 2.05) is 51.1 Å². The quantitative estimate of drug-likeness (QED) is 0.780. The average Bonchev–Trinajstić information content (AvgIpc) is 2.58. The SMILES string of the molecule is CC(C)(C)[S@@](=O)/N=C/C1CCN(C(=O)OCc2ccccc2)CC1. The maximum absolute atomic E-state index is 12.1. The third kappa shape index (κ3) is 5.74. The molecule has 1 aliphatic heterocycles. The summed E-state index contributed by atoms with van der Waals surface area (Å²) in [5, 5.41) is 0. The number of rotatable bonds is 4. The summed E-state index contributed by atoms with van der Waals surface area (Å²) >= 11 is 0. The molecule has 1 fully saturated rings. The first-order chi connectivity index (χ1) is 11.4. The zero-order valence-electron chi connectivity index (χ0n) is 14.6. The van der Waals surface area contributed by atoms with Gasteiger partial charge in [-0.25, -0.2) is 9.00 Å². The van der Waals surface area contributed by atoms with Crippen LogP contribution in [0.4, 0.5) is 4.79 Å². The summed E-state index contributed by atoms with van der Waals surface area (Å²) in [6, 6.07) is 9.66. The van der Waals surface area contributed by atoms with Crippen LogP contribution < -0.4 is 0 Å². The minimum absolute atomic E-state index is 0.271. The van der Waals surface area contributed by atoms with Crippen molar-refractivity contribution in [3.05, 3.63) is 35.9 Å². The summed E-state index contributed by atoms with van der Waals surface area (Å²) < 4.78 is 21.1. The molecule has 1 aromatic rings. The summed E-state index contributed by atoms with van der Waals surface area (Å²) in [6.07, 6.45) is 3.18. The van der Waals surface area contributed by atoms with Gasteiger partial charge in [-0.15, -0.1) is 0 Å². The van der Waals surface area contributed by atoms with Crippen molar-refractivity contribution in [1.29, 1.82) is 0 Å². The highest BCUT2D eigenvalue weighted by atomic mass is 32.2. The third-order valence-corrected chi connectivity index (χ3v) is 5.26. The molecule has 0 aliphatic carbocycles. The van der Waals surface area contributed by atoms with E-state index in [-0.39, 0.29) is 16.8 Å². The second-order valence-corrected chi connectivity index (χ2v) is 8.91. The first kappa shape index (κ1) is 18.6. The normalized spacial score (nSPS) is 17.9. The Morgan fingerprint density at radius 2 is 1.92 bits per heavy atom. The lowest BCUT2D eigenvalue weighted by Gasteiger charge is -2.29. The van der Waals surface area contributed by atoms with E-state index in [2.05, 4.69) is 4.40 Å². The second-order valence-electron chi connectivity index (χ2n) is 6.98. The molecule has 5 nitrogen and oxygen atoms in total. The second kappa shape index (κ2) is 8.42. The summed E-state index contributed by atoms with van der Waals surface area (Å²) in [6.45, 7) is 7.31. The van der Waals surface area contributed by atoms with Crippen LogP contribution in [-0.2, 0) is 22.3 Å². The van der Waals surface area contributed by atoms with Gasteiger partial charge in [0, 0.05) is 19.3 Å². The van der Waals surface area contributed by atoms with E-state index in [9.17, 15) is 9.00 Å². The number of benzene rings is 1. The standard InChI is InChI=1S/C18H26N2O3S/c1-18(2,3)24(22)19-13-15-9-11-20(12-10-15)17(21)23-14-16-7-5-4-6-8-16/h4-8,13,15H,9-12,14H2,1-3H3/b19-13+/t24-/m1/s1. The number of piperidine rings is 1. The Labute approximate surface area is 146 Å². The number of carbonyl (C=O) groups is 1. The average molecular weight is 350 g/mol. The van der Waals surface area contributed by atoms with Crippen LogP contribution in [0.1, 0.15) is 39.2 Å². The van der Waals surface area contributed by atoms with Gasteiger partial charge in [-0.3, -0.25) is 0 Å². The van der Waals surface area contributed by atoms with Crippen LogP contribution >= 0.6 is 0 Å². The van der Waals surface area contributed by atoms with Gasteiger partial charge in [0.25, 0.3) is 0 Å². The first-order valence-electron chi connectivity index (χ1n) is 8.28. The summed E-state index contributed by atoms with van der Waals surface area (Å²) in [4.78, 5) is 13.8. The molecule has 132 valence electrons. The van der Waals surface area contributed by atoms with Crippen LogP contribution in [0.25, 0.3) is 0 Å². The van der Waals surface area contributed by atoms with E-state index in [0.717, 1.165) is 18.4 Å². The highest BCUT2D eigenvalue weighted by molar-refractivity contribution is 7.85. The van der Waals surface area contributed by atoms with E-state index >= 15 is 0 Å². The zero-order valence-corrected chi connectivity index (χ0v) is 15.4. The lowest BCUT2D eigenvalue weighted by Crippen LogP contribution is -2.39. The molecular formula is C18H26N2O3S. The lowest BCUT2D eigenvalue weighted by molar-refractivity contribution is 0.0867. The van der Waals surface area contributed by atoms with E-state index in [1.54, 1.807) is 11.1 Å². The Morgan fingerprint density at radius 3 is 2.50 bits per heavy atom. The predicted octanol–water partition coefficient (Wildman–Crippen LogP) is 3.57. The van der Waals surface area contributed by atoms with Crippen molar-refractivity contribution in [1.82, 2.24) is 4.90 Å². The Kier molecular flexibility index (Phi) is 6.54. The Balaban J connectivity index is 1.75. The smallest absolute Gasteiger partial charge is 0.410 e. The molecule has 6 heteroatoms. The molecule has 2 rings (SSSR count). The predicted molar refractivity (Wildman–Crippen MR) is 97.3 cm³/mol. The first-order valence-corrected chi connectivity index (χ1v) is 9.39. The van der Waals surface area contributed by atoms with Crippen molar-refractivity contribution in [2.24, 2.45) is 10.3 Å². The van der Waals surface area contributed by atoms with Crippen molar-refractivity contribution in [3.63, 3.8) is 0 Å². The lowest BCUT2D eigenvalue weighted by atomic mass is 9.99. The topological polar surface area (TPSA) is 59.0 Å². The Morgan fingerprint density at radius 1 is 1.29 bits per heavy atom. The molecule has 24 heavy (non-hydrogen) atoms. The fourth-order valence-electron chi connectivity index (χ4n) is 2.34. The van der Waals surface area contributed by atoms with Crippen LogP contribution in [0, 0.1) is 5.92 Å². The summed E-state index contributed by atoms with van der Waals surface area (Å²) in [5.74, 6) is 0.273. The summed E-state index contributed by atoms with van der Waals surface area (Å²) in [5.41, 5.74) is 0.984. The minimum atomic E-state index is -1.22. The monoisotopic (exact) mass is 350 g/mol. The molecule has 1 heterocycles. The number of nitrogens with zero attached hydrogens (tertiary/aromatic N) is 2. The molecular weight excluding hydrogens is 324 g/mol. The van der Waals surface area contributed by atoms with E-state index in [0.29, 0.717) is 19.7 Å². The van der Waals surface area contributed by atoms with Crippen LogP contribution in [-0.4, -0.2) is 39.3 Å². The number of ether oxygens (including phenoxy) is 1. The van der Waals surface area contributed by atoms with Crippen LogP contribution in [0.2, 0.25) is 0 Å². The van der Waals surface area contributed by atoms with Gasteiger partial charge >= 0.3 is 6.09 Å². The molecule has 0 saturated carbocycles. The van der Waals surface area contributed by atoms with Crippen LogP contribution in [0.3, 0.4) is 0 Å². The van der Waals surface area contributed by atoms with E-state index in [4.69, 9.17) is 4.74 Å². The number of likely N-dealkylation sites (tertiary alicyclic amines) is 1. The van der Waals surface area contributed by atoms with Crippen molar-refractivity contribution >= 4 is 23.3 Å². The molecule has 0 N–H and O–H groups in total. The largest absolute Gasteiger partial charge is 0.445 e. The molecule has 1 saturated heterocycles. The maximum Gasteiger partial charge on any atom is 0.410 e.